The summed E-state index contributed by atoms with van der Waals surface area (Å²) in [5.74, 6) is -2.61. The summed E-state index contributed by atoms with van der Waals surface area (Å²) in [7, 11) is 0. The zero-order valence-corrected chi connectivity index (χ0v) is 16.3. The number of benzene rings is 2. The van der Waals surface area contributed by atoms with Crippen LogP contribution in [0.2, 0.25) is 0 Å². The molecule has 0 spiro atoms. The molecule has 2 saturated heterocycles. The maximum Gasteiger partial charge on any atom is 0.419 e. The molecule has 0 aliphatic carbocycles. The van der Waals surface area contributed by atoms with Gasteiger partial charge < -0.3 is 20.9 Å². The van der Waals surface area contributed by atoms with E-state index in [0.717, 1.165) is 12.1 Å². The standard InChI is InChI=1S/2C10H9F4NO/c11-8-3-6(9(15)4-16-5-9)1-2-7(8)10(12,13)14;11-8-6(9(15)4-16-5-9)2-1-3-7(8)10(12,13)14/h2*1-3H,4-5,15H2. The fourth-order valence-corrected chi connectivity index (χ4v) is 3.16. The molecule has 12 heteroatoms. The van der Waals surface area contributed by atoms with E-state index in [0.29, 0.717) is 17.7 Å². The van der Waals surface area contributed by atoms with Crippen molar-refractivity contribution in [3.8, 4) is 0 Å². The quantitative estimate of drug-likeness (QED) is 0.650. The highest BCUT2D eigenvalue weighted by atomic mass is 19.4. The van der Waals surface area contributed by atoms with Gasteiger partial charge >= 0.3 is 12.4 Å². The predicted molar refractivity (Wildman–Crippen MR) is 96.2 cm³/mol. The molecule has 0 unspecified atom stereocenters. The van der Waals surface area contributed by atoms with Crippen molar-refractivity contribution >= 4 is 0 Å². The average molecular weight is 470 g/mol. The van der Waals surface area contributed by atoms with Gasteiger partial charge in [0.05, 0.1) is 48.6 Å². The molecule has 2 aromatic carbocycles. The summed E-state index contributed by atoms with van der Waals surface area (Å²) in [6, 6.07) is 5.82. The van der Waals surface area contributed by atoms with E-state index in [1.54, 1.807) is 0 Å². The predicted octanol–water partition coefficient (Wildman–Crippen LogP) is 4.06. The van der Waals surface area contributed by atoms with Crippen LogP contribution in [0.25, 0.3) is 0 Å². The minimum absolute atomic E-state index is 0.0330. The number of nitrogens with two attached hydrogens (primary N) is 2. The molecule has 2 fully saturated rings. The van der Waals surface area contributed by atoms with Crippen molar-refractivity contribution in [1.29, 1.82) is 0 Å². The van der Waals surface area contributed by atoms with Gasteiger partial charge in [0.25, 0.3) is 0 Å². The van der Waals surface area contributed by atoms with Crippen molar-refractivity contribution in [2.45, 2.75) is 23.4 Å². The normalized spacial score (nSPS) is 19.3. The molecule has 4 nitrogen and oxygen atoms in total. The van der Waals surface area contributed by atoms with Gasteiger partial charge in [0.15, 0.2) is 0 Å². The van der Waals surface area contributed by atoms with Gasteiger partial charge in [-0.05, 0) is 23.8 Å². The minimum atomic E-state index is -4.71. The summed E-state index contributed by atoms with van der Waals surface area (Å²) in [6.07, 6.45) is -9.39. The van der Waals surface area contributed by atoms with Crippen LogP contribution in [0, 0.1) is 11.6 Å². The third-order valence-electron chi connectivity index (χ3n) is 5.13. The van der Waals surface area contributed by atoms with E-state index < -0.39 is 46.2 Å². The first kappa shape index (κ1) is 24.4. The molecular weight excluding hydrogens is 452 g/mol. The molecule has 2 aromatic rings. The van der Waals surface area contributed by atoms with Crippen LogP contribution >= 0.6 is 0 Å². The maximum absolute atomic E-state index is 13.6. The first-order valence-electron chi connectivity index (χ1n) is 9.14. The topological polar surface area (TPSA) is 70.5 Å². The lowest BCUT2D eigenvalue weighted by atomic mass is 9.87. The van der Waals surface area contributed by atoms with Crippen molar-refractivity contribution in [2.75, 3.05) is 26.4 Å². The smallest absolute Gasteiger partial charge is 0.377 e. The van der Waals surface area contributed by atoms with Crippen LogP contribution in [0.4, 0.5) is 35.1 Å². The Morgan fingerprint density at radius 1 is 0.719 bits per heavy atom. The summed E-state index contributed by atoms with van der Waals surface area (Å²) in [4.78, 5) is 0. The number of halogens is 8. The number of alkyl halides is 6. The Morgan fingerprint density at radius 3 is 1.66 bits per heavy atom. The fourth-order valence-electron chi connectivity index (χ4n) is 3.16. The maximum atomic E-state index is 13.6. The molecule has 0 amide bonds. The van der Waals surface area contributed by atoms with E-state index in [1.165, 1.54) is 12.1 Å². The third kappa shape index (κ3) is 4.72. The van der Waals surface area contributed by atoms with Gasteiger partial charge in [0.1, 0.15) is 11.6 Å². The van der Waals surface area contributed by atoms with Crippen LogP contribution < -0.4 is 11.5 Å². The Hall–Kier alpha value is -2.28. The van der Waals surface area contributed by atoms with Crippen molar-refractivity contribution in [1.82, 2.24) is 0 Å². The lowest BCUT2D eigenvalue weighted by Crippen LogP contribution is -2.54. The summed E-state index contributed by atoms with van der Waals surface area (Å²) in [5.41, 5.74) is 7.11. The van der Waals surface area contributed by atoms with Crippen molar-refractivity contribution in [2.24, 2.45) is 11.5 Å². The van der Waals surface area contributed by atoms with E-state index in [1.807, 2.05) is 0 Å². The van der Waals surface area contributed by atoms with E-state index >= 15 is 0 Å². The molecule has 2 aliphatic heterocycles. The van der Waals surface area contributed by atoms with Crippen LogP contribution in [-0.4, -0.2) is 26.4 Å². The monoisotopic (exact) mass is 470 g/mol. The van der Waals surface area contributed by atoms with Crippen LogP contribution in [-0.2, 0) is 32.9 Å². The Morgan fingerprint density at radius 2 is 1.25 bits per heavy atom. The van der Waals surface area contributed by atoms with Gasteiger partial charge in [-0.3, -0.25) is 0 Å². The molecule has 0 atom stereocenters. The molecule has 176 valence electrons. The van der Waals surface area contributed by atoms with Crippen molar-refractivity contribution < 1.29 is 44.6 Å². The zero-order valence-electron chi connectivity index (χ0n) is 16.3. The number of rotatable bonds is 2. The molecule has 2 heterocycles. The van der Waals surface area contributed by atoms with E-state index in [9.17, 15) is 35.1 Å². The highest BCUT2D eigenvalue weighted by molar-refractivity contribution is 5.35. The fraction of sp³-hybridized carbons (Fsp3) is 0.400. The molecule has 2 aliphatic rings. The Bertz CT molecular complexity index is 983. The van der Waals surface area contributed by atoms with E-state index in [-0.39, 0.29) is 32.0 Å². The lowest BCUT2D eigenvalue weighted by Gasteiger charge is -2.38. The number of hydrogen-bond acceptors (Lipinski definition) is 4. The van der Waals surface area contributed by atoms with Crippen LogP contribution in [0.3, 0.4) is 0 Å². The molecule has 0 saturated carbocycles. The second-order valence-electron chi connectivity index (χ2n) is 7.66. The first-order valence-corrected chi connectivity index (χ1v) is 9.14. The van der Waals surface area contributed by atoms with Gasteiger partial charge in [0, 0.05) is 5.56 Å². The van der Waals surface area contributed by atoms with E-state index in [4.69, 9.17) is 20.9 Å². The van der Waals surface area contributed by atoms with Crippen LogP contribution in [0.15, 0.2) is 36.4 Å². The van der Waals surface area contributed by atoms with Gasteiger partial charge in [-0.1, -0.05) is 18.2 Å². The Balaban J connectivity index is 0.000000181. The SMILES string of the molecule is NC1(c2ccc(C(F)(F)F)c(F)c2)COC1.NC1(c2cccc(C(F)(F)F)c2F)COC1. The van der Waals surface area contributed by atoms with Crippen LogP contribution in [0.1, 0.15) is 22.3 Å². The summed E-state index contributed by atoms with van der Waals surface area (Å²) in [6.45, 7) is 0.450. The Kier molecular flexibility index (Phi) is 6.28. The van der Waals surface area contributed by atoms with E-state index in [2.05, 4.69) is 0 Å². The van der Waals surface area contributed by atoms with Gasteiger partial charge in [-0.25, -0.2) is 8.78 Å². The molecule has 0 aromatic heterocycles. The second-order valence-corrected chi connectivity index (χ2v) is 7.66. The molecule has 0 radical (unpaired) electrons. The molecule has 4 rings (SSSR count). The largest absolute Gasteiger partial charge is 0.419 e. The summed E-state index contributed by atoms with van der Waals surface area (Å²) < 4.78 is 111. The summed E-state index contributed by atoms with van der Waals surface area (Å²) in [5, 5.41) is 0. The number of hydrogen-bond donors (Lipinski definition) is 2. The van der Waals surface area contributed by atoms with Gasteiger partial charge in [0.2, 0.25) is 0 Å². The highest BCUT2D eigenvalue weighted by Gasteiger charge is 2.42. The summed E-state index contributed by atoms with van der Waals surface area (Å²) >= 11 is 0. The highest BCUT2D eigenvalue weighted by Crippen LogP contribution is 2.37. The van der Waals surface area contributed by atoms with Crippen molar-refractivity contribution in [3.63, 3.8) is 0 Å². The third-order valence-corrected chi connectivity index (χ3v) is 5.13. The lowest BCUT2D eigenvalue weighted by molar-refractivity contribution is -0.141. The van der Waals surface area contributed by atoms with Crippen molar-refractivity contribution in [3.05, 3.63) is 70.3 Å². The second kappa shape index (κ2) is 8.25. The molecule has 0 bridgehead atoms. The molecule has 4 N–H and O–H groups in total. The van der Waals surface area contributed by atoms with Gasteiger partial charge in [-0.2, -0.15) is 26.3 Å². The molecular formula is C20H18F8N2O2. The number of ether oxygens (including phenoxy) is 2. The first-order chi connectivity index (χ1) is 14.7. The molecule has 32 heavy (non-hydrogen) atoms. The zero-order chi connectivity index (χ0) is 23.9. The average Bonchev–Trinajstić information content (AvgIpc) is 2.63. The Labute approximate surface area is 177 Å². The van der Waals surface area contributed by atoms with Gasteiger partial charge in [-0.15, -0.1) is 0 Å². The minimum Gasteiger partial charge on any atom is -0.377 e. The van der Waals surface area contributed by atoms with Crippen LogP contribution in [0.5, 0.6) is 0 Å².